The molecule has 0 aliphatic rings. The summed E-state index contributed by atoms with van der Waals surface area (Å²) < 4.78 is 10.5. The molecule has 0 heterocycles. The van der Waals surface area contributed by atoms with Crippen LogP contribution in [0.5, 0.6) is 0 Å². The highest BCUT2D eigenvalue weighted by Gasteiger charge is 2.21. The molecule has 17 heavy (non-hydrogen) atoms. The molecule has 0 aromatic heterocycles. The molecule has 0 rings (SSSR count). The second-order valence-electron chi connectivity index (χ2n) is 5.79. The molecule has 3 nitrogen and oxygen atoms in total. The van der Waals surface area contributed by atoms with E-state index in [1.807, 2.05) is 27.7 Å². The highest BCUT2D eigenvalue weighted by Crippen LogP contribution is 2.18. The third-order valence-electron chi connectivity index (χ3n) is 2.16. The Morgan fingerprint density at radius 1 is 1.24 bits per heavy atom. The van der Waals surface area contributed by atoms with Crippen molar-refractivity contribution in [1.82, 2.24) is 0 Å². The first kappa shape index (κ1) is 16.2. The Balaban J connectivity index is 4.89. The summed E-state index contributed by atoms with van der Waals surface area (Å²) in [5.41, 5.74) is 1.24. The minimum absolute atomic E-state index is 0.266. The van der Waals surface area contributed by atoms with Gasteiger partial charge in [-0.2, -0.15) is 0 Å². The van der Waals surface area contributed by atoms with Gasteiger partial charge in [0.25, 0.3) is 0 Å². The fraction of sp³-hybridized carbons (Fsp3) is 0.786. The van der Waals surface area contributed by atoms with Gasteiger partial charge in [-0.3, -0.25) is 0 Å². The van der Waals surface area contributed by atoms with Gasteiger partial charge in [-0.1, -0.05) is 19.4 Å². The van der Waals surface area contributed by atoms with E-state index >= 15 is 0 Å². The predicted molar refractivity (Wildman–Crippen MR) is 69.9 cm³/mol. The number of hydrogen-bond donors (Lipinski definition) is 0. The molecule has 0 aromatic carbocycles. The van der Waals surface area contributed by atoms with E-state index in [4.69, 9.17) is 9.47 Å². The summed E-state index contributed by atoms with van der Waals surface area (Å²) >= 11 is 0. The molecule has 0 spiro atoms. The highest BCUT2D eigenvalue weighted by molar-refractivity contribution is 5.89. The number of esters is 1. The van der Waals surface area contributed by atoms with Gasteiger partial charge in [-0.05, 0) is 40.0 Å². The molecule has 0 aliphatic carbocycles. The van der Waals surface area contributed by atoms with Crippen molar-refractivity contribution in [3.05, 3.63) is 11.1 Å². The number of hydrogen-bond acceptors (Lipinski definition) is 3. The van der Waals surface area contributed by atoms with Crippen molar-refractivity contribution in [3.8, 4) is 0 Å². The molecule has 0 radical (unpaired) electrons. The SMILES string of the molecule is COCC(C(=O)OC(C)(C)C)=C(C)CC(C)C. The number of allylic oxidation sites excluding steroid dienone is 1. The van der Waals surface area contributed by atoms with E-state index < -0.39 is 5.60 Å². The van der Waals surface area contributed by atoms with Crippen molar-refractivity contribution < 1.29 is 14.3 Å². The second kappa shape index (κ2) is 6.80. The zero-order valence-corrected chi connectivity index (χ0v) is 12.2. The number of carbonyl (C=O) groups excluding carboxylic acids is 1. The van der Waals surface area contributed by atoms with Crippen molar-refractivity contribution >= 4 is 5.97 Å². The average molecular weight is 242 g/mol. The fourth-order valence-electron chi connectivity index (χ4n) is 1.58. The van der Waals surface area contributed by atoms with E-state index in [2.05, 4.69) is 13.8 Å². The largest absolute Gasteiger partial charge is 0.457 e. The number of rotatable bonds is 5. The Morgan fingerprint density at radius 2 is 1.76 bits per heavy atom. The van der Waals surface area contributed by atoms with Crippen molar-refractivity contribution in [2.24, 2.45) is 5.92 Å². The van der Waals surface area contributed by atoms with Crippen molar-refractivity contribution in [3.63, 3.8) is 0 Å². The van der Waals surface area contributed by atoms with Crippen LogP contribution in [0.15, 0.2) is 11.1 Å². The molecule has 0 saturated heterocycles. The lowest BCUT2D eigenvalue weighted by Crippen LogP contribution is -2.26. The monoisotopic (exact) mass is 242 g/mol. The van der Waals surface area contributed by atoms with E-state index in [-0.39, 0.29) is 5.97 Å². The van der Waals surface area contributed by atoms with Crippen LogP contribution in [0, 0.1) is 5.92 Å². The van der Waals surface area contributed by atoms with Crippen molar-refractivity contribution in [2.45, 2.75) is 53.6 Å². The van der Waals surface area contributed by atoms with Gasteiger partial charge in [0, 0.05) is 7.11 Å². The van der Waals surface area contributed by atoms with Gasteiger partial charge >= 0.3 is 5.97 Å². The number of methoxy groups -OCH3 is 1. The Hall–Kier alpha value is -0.830. The fourth-order valence-corrected chi connectivity index (χ4v) is 1.58. The summed E-state index contributed by atoms with van der Waals surface area (Å²) in [6.07, 6.45) is 0.887. The Bertz CT molecular complexity index is 282. The summed E-state index contributed by atoms with van der Waals surface area (Å²) in [6, 6.07) is 0. The molecule has 0 unspecified atom stereocenters. The molecule has 100 valence electrons. The highest BCUT2D eigenvalue weighted by atomic mass is 16.6. The minimum Gasteiger partial charge on any atom is -0.457 e. The minimum atomic E-state index is -0.464. The van der Waals surface area contributed by atoms with Crippen LogP contribution < -0.4 is 0 Å². The van der Waals surface area contributed by atoms with Crippen LogP contribution in [0.4, 0.5) is 0 Å². The van der Waals surface area contributed by atoms with Crippen LogP contribution in [0.3, 0.4) is 0 Å². The lowest BCUT2D eigenvalue weighted by atomic mass is 9.99. The van der Waals surface area contributed by atoms with Gasteiger partial charge in [0.2, 0.25) is 0 Å². The van der Waals surface area contributed by atoms with E-state index in [9.17, 15) is 4.79 Å². The normalized spacial score (nSPS) is 13.6. The van der Waals surface area contributed by atoms with Crippen molar-refractivity contribution in [1.29, 1.82) is 0 Å². The molecular formula is C14H26O3. The van der Waals surface area contributed by atoms with Crippen LogP contribution in [-0.4, -0.2) is 25.3 Å². The molecule has 0 aliphatic heterocycles. The topological polar surface area (TPSA) is 35.5 Å². The quantitative estimate of drug-likeness (QED) is 0.548. The predicted octanol–water partition coefficient (Wildman–Crippen LogP) is 3.34. The van der Waals surface area contributed by atoms with Crippen LogP contribution in [0.25, 0.3) is 0 Å². The summed E-state index contributed by atoms with van der Waals surface area (Å²) in [6.45, 7) is 12.1. The molecule has 0 atom stereocenters. The first-order valence-electron chi connectivity index (χ1n) is 6.08. The summed E-state index contributed by atoms with van der Waals surface area (Å²) in [7, 11) is 1.59. The third kappa shape index (κ3) is 7.16. The molecule has 0 amide bonds. The number of ether oxygens (including phenoxy) is 2. The molecule has 0 fully saturated rings. The molecule has 3 heteroatoms. The van der Waals surface area contributed by atoms with Gasteiger partial charge in [-0.15, -0.1) is 0 Å². The van der Waals surface area contributed by atoms with Crippen LogP contribution in [0.1, 0.15) is 48.0 Å². The Morgan fingerprint density at radius 3 is 2.12 bits per heavy atom. The maximum absolute atomic E-state index is 12.0. The van der Waals surface area contributed by atoms with Gasteiger partial charge in [0.15, 0.2) is 0 Å². The lowest BCUT2D eigenvalue weighted by molar-refractivity contribution is -0.150. The van der Waals surface area contributed by atoms with E-state index in [0.717, 1.165) is 12.0 Å². The summed E-state index contributed by atoms with van der Waals surface area (Å²) in [4.78, 5) is 12.0. The zero-order chi connectivity index (χ0) is 13.6. The maximum Gasteiger partial charge on any atom is 0.336 e. The zero-order valence-electron chi connectivity index (χ0n) is 12.2. The van der Waals surface area contributed by atoms with Crippen LogP contribution in [-0.2, 0) is 14.3 Å². The molecule has 0 saturated carbocycles. The second-order valence-corrected chi connectivity index (χ2v) is 5.79. The van der Waals surface area contributed by atoms with Crippen LogP contribution in [0.2, 0.25) is 0 Å². The Kier molecular flexibility index (Phi) is 6.46. The van der Waals surface area contributed by atoms with E-state index in [0.29, 0.717) is 18.1 Å². The maximum atomic E-state index is 12.0. The molecule has 0 bridgehead atoms. The third-order valence-corrected chi connectivity index (χ3v) is 2.16. The van der Waals surface area contributed by atoms with E-state index in [1.165, 1.54) is 0 Å². The number of carbonyl (C=O) groups is 1. The molecule has 0 N–H and O–H groups in total. The molecular weight excluding hydrogens is 216 g/mol. The van der Waals surface area contributed by atoms with Crippen molar-refractivity contribution in [2.75, 3.05) is 13.7 Å². The van der Waals surface area contributed by atoms with Crippen LogP contribution >= 0.6 is 0 Å². The summed E-state index contributed by atoms with van der Waals surface area (Å²) in [5, 5.41) is 0. The van der Waals surface area contributed by atoms with Gasteiger partial charge < -0.3 is 9.47 Å². The first-order valence-corrected chi connectivity index (χ1v) is 6.08. The van der Waals surface area contributed by atoms with E-state index in [1.54, 1.807) is 7.11 Å². The summed E-state index contributed by atoms with van der Waals surface area (Å²) in [5.74, 6) is 0.252. The first-order chi connectivity index (χ1) is 7.67. The average Bonchev–Trinajstić information content (AvgIpc) is 2.09. The molecule has 0 aromatic rings. The smallest absolute Gasteiger partial charge is 0.336 e. The van der Waals surface area contributed by atoms with Gasteiger partial charge in [0.1, 0.15) is 5.60 Å². The standard InChI is InChI=1S/C14H26O3/c1-10(2)8-11(3)12(9-16-7)13(15)17-14(4,5)6/h10H,8-9H2,1-7H3. The lowest BCUT2D eigenvalue weighted by Gasteiger charge is -2.21. The van der Waals surface area contributed by atoms with Gasteiger partial charge in [0.05, 0.1) is 12.2 Å². The Labute approximate surface area is 105 Å². The van der Waals surface area contributed by atoms with Gasteiger partial charge in [-0.25, -0.2) is 4.79 Å².